The van der Waals surface area contributed by atoms with Gasteiger partial charge in [-0.05, 0) is 40.2 Å². The van der Waals surface area contributed by atoms with Crippen LogP contribution in [-0.4, -0.2) is 21.6 Å². The van der Waals surface area contributed by atoms with Gasteiger partial charge in [0.2, 0.25) is 0 Å². The highest BCUT2D eigenvalue weighted by Gasteiger charge is 2.21. The molecule has 2 heterocycles. The molecule has 0 radical (unpaired) electrons. The topological polar surface area (TPSA) is 61.2 Å². The number of esters is 1. The number of fused-ring (bicyclic) bond motifs is 1. The molecule has 5 nitrogen and oxygen atoms in total. The summed E-state index contributed by atoms with van der Waals surface area (Å²) in [4.78, 5) is 29.8. The van der Waals surface area contributed by atoms with E-state index in [1.807, 2.05) is 13.8 Å². The van der Waals surface area contributed by atoms with Crippen LogP contribution in [0.25, 0.3) is 10.2 Å². The van der Waals surface area contributed by atoms with Gasteiger partial charge in [-0.25, -0.2) is 9.78 Å². The number of aryl methyl sites for hydroxylation is 1. The third-order valence-corrected chi connectivity index (χ3v) is 4.14. The van der Waals surface area contributed by atoms with E-state index in [-0.39, 0.29) is 17.7 Å². The van der Waals surface area contributed by atoms with Gasteiger partial charge in [0, 0.05) is 6.04 Å². The van der Waals surface area contributed by atoms with Gasteiger partial charge in [-0.3, -0.25) is 9.36 Å². The first-order valence-electron chi connectivity index (χ1n) is 6.54. The average Bonchev–Trinajstić information content (AvgIpc) is 2.66. The van der Waals surface area contributed by atoms with Gasteiger partial charge >= 0.3 is 5.97 Å². The zero-order valence-electron chi connectivity index (χ0n) is 12.3. The molecule has 0 atom stereocenters. The highest BCUT2D eigenvalue weighted by Crippen LogP contribution is 2.28. The highest BCUT2D eigenvalue weighted by molar-refractivity contribution is 7.20. The van der Waals surface area contributed by atoms with Crippen molar-refractivity contribution in [2.75, 3.05) is 0 Å². The molecule has 0 aliphatic rings. The third-order valence-electron chi connectivity index (χ3n) is 2.96. The van der Waals surface area contributed by atoms with Gasteiger partial charge in [0.15, 0.2) is 0 Å². The lowest BCUT2D eigenvalue weighted by Gasteiger charge is -2.08. The van der Waals surface area contributed by atoms with E-state index < -0.39 is 5.97 Å². The minimum Gasteiger partial charge on any atom is -0.459 e. The van der Waals surface area contributed by atoms with Crippen LogP contribution in [0.3, 0.4) is 0 Å². The Kier molecular flexibility index (Phi) is 3.94. The number of thiophene rings is 1. The SMILES string of the molecule is Cc1c(C(=O)OC(C)C)sc2ncn(C(C)C)c(=O)c12. The first-order chi connectivity index (χ1) is 9.32. The van der Waals surface area contributed by atoms with E-state index in [2.05, 4.69) is 4.98 Å². The summed E-state index contributed by atoms with van der Waals surface area (Å²) < 4.78 is 6.77. The summed E-state index contributed by atoms with van der Waals surface area (Å²) in [6, 6.07) is 0.0322. The highest BCUT2D eigenvalue weighted by atomic mass is 32.1. The van der Waals surface area contributed by atoms with Crippen molar-refractivity contribution in [2.45, 2.75) is 46.8 Å². The smallest absolute Gasteiger partial charge is 0.348 e. The van der Waals surface area contributed by atoms with Crippen LogP contribution in [0.4, 0.5) is 0 Å². The molecule has 0 saturated heterocycles. The van der Waals surface area contributed by atoms with Gasteiger partial charge in [-0.15, -0.1) is 11.3 Å². The molecule has 0 aliphatic carbocycles. The van der Waals surface area contributed by atoms with Crippen LogP contribution in [0.1, 0.15) is 49.0 Å². The summed E-state index contributed by atoms with van der Waals surface area (Å²) in [6.07, 6.45) is 1.34. The molecule has 0 N–H and O–H groups in total. The molecule has 2 rings (SSSR count). The van der Waals surface area contributed by atoms with E-state index in [4.69, 9.17) is 4.74 Å². The second kappa shape index (κ2) is 5.36. The number of carbonyl (C=O) groups excluding carboxylic acids is 1. The quantitative estimate of drug-likeness (QED) is 0.817. The normalized spacial score (nSPS) is 11.6. The number of carbonyl (C=O) groups is 1. The fourth-order valence-electron chi connectivity index (χ4n) is 1.97. The second-order valence-corrected chi connectivity index (χ2v) is 6.24. The van der Waals surface area contributed by atoms with E-state index in [1.165, 1.54) is 17.7 Å². The predicted molar refractivity (Wildman–Crippen MR) is 79.6 cm³/mol. The molecule has 0 saturated carbocycles. The molecule has 0 bridgehead atoms. The lowest BCUT2D eigenvalue weighted by Crippen LogP contribution is -2.22. The molecular formula is C14H18N2O3S. The van der Waals surface area contributed by atoms with E-state index in [9.17, 15) is 9.59 Å². The molecule has 0 aromatic carbocycles. The van der Waals surface area contributed by atoms with Crippen molar-refractivity contribution in [1.29, 1.82) is 0 Å². The summed E-state index contributed by atoms with van der Waals surface area (Å²) in [7, 11) is 0. The second-order valence-electron chi connectivity index (χ2n) is 5.24. The van der Waals surface area contributed by atoms with Gasteiger partial charge in [0.05, 0.1) is 17.8 Å². The Hall–Kier alpha value is -1.69. The summed E-state index contributed by atoms with van der Waals surface area (Å²) in [5.41, 5.74) is 0.547. The summed E-state index contributed by atoms with van der Waals surface area (Å²) in [6.45, 7) is 9.20. The van der Waals surface area contributed by atoms with Crippen LogP contribution >= 0.6 is 11.3 Å². The Morgan fingerprint density at radius 3 is 2.55 bits per heavy atom. The molecule has 0 fully saturated rings. The van der Waals surface area contributed by atoms with E-state index in [1.54, 1.807) is 25.3 Å². The average molecular weight is 294 g/mol. The Morgan fingerprint density at radius 1 is 1.35 bits per heavy atom. The molecule has 0 unspecified atom stereocenters. The number of nitrogens with zero attached hydrogens (tertiary/aromatic N) is 2. The fraction of sp³-hybridized carbons (Fsp3) is 0.500. The molecule has 2 aromatic rings. The maximum Gasteiger partial charge on any atom is 0.348 e. The van der Waals surface area contributed by atoms with Gasteiger partial charge in [0.25, 0.3) is 5.56 Å². The van der Waals surface area contributed by atoms with Gasteiger partial charge < -0.3 is 4.74 Å². The summed E-state index contributed by atoms with van der Waals surface area (Å²) in [5.74, 6) is -0.393. The van der Waals surface area contributed by atoms with Crippen LogP contribution in [0.2, 0.25) is 0 Å². The first kappa shape index (κ1) is 14.7. The Labute approximate surface area is 121 Å². The Bertz CT molecular complexity index is 713. The molecule has 0 aliphatic heterocycles. The van der Waals surface area contributed by atoms with Gasteiger partial charge in [0.1, 0.15) is 9.71 Å². The maximum absolute atomic E-state index is 12.4. The van der Waals surface area contributed by atoms with Crippen molar-refractivity contribution in [1.82, 2.24) is 9.55 Å². The molecule has 0 spiro atoms. The van der Waals surface area contributed by atoms with Gasteiger partial charge in [-0.1, -0.05) is 0 Å². The van der Waals surface area contributed by atoms with Crippen LogP contribution in [0.5, 0.6) is 0 Å². The van der Waals surface area contributed by atoms with Gasteiger partial charge in [-0.2, -0.15) is 0 Å². The predicted octanol–water partition coefficient (Wildman–Crippen LogP) is 2.91. The maximum atomic E-state index is 12.4. The molecule has 108 valence electrons. The minimum absolute atomic E-state index is 0.0322. The standard InChI is InChI=1S/C14H18N2O3S/c1-7(2)16-6-15-12-10(13(16)17)9(5)11(20-12)14(18)19-8(3)4/h6-8H,1-5H3. The number of ether oxygens (including phenoxy) is 1. The van der Waals surface area contributed by atoms with Crippen molar-refractivity contribution in [3.63, 3.8) is 0 Å². The van der Waals surface area contributed by atoms with Crippen molar-refractivity contribution in [2.24, 2.45) is 0 Å². The minimum atomic E-state index is -0.393. The monoisotopic (exact) mass is 294 g/mol. The summed E-state index contributed by atoms with van der Waals surface area (Å²) >= 11 is 1.21. The molecule has 2 aromatic heterocycles. The Morgan fingerprint density at radius 2 is 2.00 bits per heavy atom. The van der Waals surface area contributed by atoms with Crippen LogP contribution in [0, 0.1) is 6.92 Å². The lowest BCUT2D eigenvalue weighted by molar-refractivity contribution is 0.0383. The van der Waals surface area contributed by atoms with Crippen LogP contribution < -0.4 is 5.56 Å². The molecule has 6 heteroatoms. The van der Waals surface area contributed by atoms with E-state index >= 15 is 0 Å². The lowest BCUT2D eigenvalue weighted by atomic mass is 10.2. The first-order valence-corrected chi connectivity index (χ1v) is 7.35. The number of hydrogen-bond donors (Lipinski definition) is 0. The van der Waals surface area contributed by atoms with Crippen molar-refractivity contribution in [3.05, 3.63) is 27.1 Å². The van der Waals surface area contributed by atoms with Crippen molar-refractivity contribution < 1.29 is 9.53 Å². The largest absolute Gasteiger partial charge is 0.459 e. The van der Waals surface area contributed by atoms with E-state index in [0.29, 0.717) is 20.7 Å². The fourth-order valence-corrected chi connectivity index (χ4v) is 2.99. The Balaban J connectivity index is 2.62. The molecule has 20 heavy (non-hydrogen) atoms. The number of rotatable bonds is 3. The van der Waals surface area contributed by atoms with Crippen molar-refractivity contribution >= 4 is 27.5 Å². The van der Waals surface area contributed by atoms with E-state index in [0.717, 1.165) is 0 Å². The van der Waals surface area contributed by atoms with Crippen molar-refractivity contribution in [3.8, 4) is 0 Å². The zero-order valence-corrected chi connectivity index (χ0v) is 13.1. The third kappa shape index (κ3) is 2.47. The number of aromatic nitrogens is 2. The molecular weight excluding hydrogens is 276 g/mol. The number of hydrogen-bond acceptors (Lipinski definition) is 5. The molecule has 0 amide bonds. The van der Waals surface area contributed by atoms with Crippen LogP contribution in [-0.2, 0) is 4.74 Å². The summed E-state index contributed by atoms with van der Waals surface area (Å²) in [5, 5.41) is 0.516. The van der Waals surface area contributed by atoms with Crippen LogP contribution in [0.15, 0.2) is 11.1 Å². The zero-order chi connectivity index (χ0) is 15.0.